The monoisotopic (exact) mass is 185 g/mol. The van der Waals surface area contributed by atoms with Gasteiger partial charge >= 0.3 is 0 Å². The van der Waals surface area contributed by atoms with Crippen molar-refractivity contribution in [3.8, 4) is 0 Å². The van der Waals surface area contributed by atoms with E-state index in [9.17, 15) is 0 Å². The first-order chi connectivity index (χ1) is 6.15. The predicted molar refractivity (Wildman–Crippen MR) is 54.1 cm³/mol. The molecule has 13 heavy (non-hydrogen) atoms. The fraction of sp³-hybridized carbons (Fsp3) is 0.875. The van der Waals surface area contributed by atoms with Crippen molar-refractivity contribution in [2.24, 2.45) is 16.7 Å². The highest BCUT2D eigenvalue weighted by Crippen LogP contribution is 2.07. The Morgan fingerprint density at radius 2 is 2.15 bits per heavy atom. The predicted octanol–water partition coefficient (Wildman–Crippen LogP) is -0.799. The third-order valence-electron chi connectivity index (χ3n) is 2.47. The molecular formula is C8H19N5. The lowest BCUT2D eigenvalue weighted by atomic mass is 10.3. The van der Waals surface area contributed by atoms with Crippen molar-refractivity contribution in [3.05, 3.63) is 0 Å². The molecular weight excluding hydrogens is 166 g/mol. The molecule has 1 rings (SSSR count). The number of hydrazone groups is 1. The van der Waals surface area contributed by atoms with Crippen LogP contribution in [0.3, 0.4) is 0 Å². The molecule has 1 aliphatic rings. The molecule has 1 heterocycles. The molecule has 0 radical (unpaired) electrons. The fourth-order valence-electron chi connectivity index (χ4n) is 1.79. The minimum atomic E-state index is 0.389. The zero-order valence-corrected chi connectivity index (χ0v) is 8.40. The quantitative estimate of drug-likeness (QED) is 0.224. The smallest absolute Gasteiger partial charge is 0.213 e. The first kappa shape index (κ1) is 10.1. The molecule has 0 aromatic heterocycles. The zero-order chi connectivity index (χ0) is 9.84. The van der Waals surface area contributed by atoms with E-state index in [1.54, 1.807) is 0 Å². The van der Waals surface area contributed by atoms with E-state index in [0.29, 0.717) is 12.0 Å². The van der Waals surface area contributed by atoms with Crippen LogP contribution in [-0.4, -0.2) is 48.5 Å². The first-order valence-corrected chi connectivity index (χ1v) is 4.63. The third-order valence-corrected chi connectivity index (χ3v) is 2.47. The minimum absolute atomic E-state index is 0.389. The maximum Gasteiger partial charge on any atom is 0.213 e. The van der Waals surface area contributed by atoms with Crippen LogP contribution >= 0.6 is 0 Å². The van der Waals surface area contributed by atoms with Gasteiger partial charge in [-0.05, 0) is 26.9 Å². The number of nitrogens with two attached hydrogens (primary N) is 2. The summed E-state index contributed by atoms with van der Waals surface area (Å²) in [6.45, 7) is 5.20. The Kier molecular flexibility index (Phi) is 3.36. The van der Waals surface area contributed by atoms with Crippen LogP contribution in [0.15, 0.2) is 5.10 Å². The minimum Gasteiger partial charge on any atom is -0.368 e. The summed E-state index contributed by atoms with van der Waals surface area (Å²) in [6.07, 6.45) is 1.11. The van der Waals surface area contributed by atoms with Crippen LogP contribution in [-0.2, 0) is 0 Å². The van der Waals surface area contributed by atoms with Gasteiger partial charge in [0.2, 0.25) is 5.96 Å². The van der Waals surface area contributed by atoms with E-state index in [1.165, 1.54) is 0 Å². The second-order valence-electron chi connectivity index (χ2n) is 3.65. The van der Waals surface area contributed by atoms with Gasteiger partial charge in [0.05, 0.1) is 0 Å². The molecule has 0 aliphatic carbocycles. The normalized spacial score (nSPS) is 27.4. The van der Waals surface area contributed by atoms with Crippen LogP contribution in [0, 0.1) is 0 Å². The van der Waals surface area contributed by atoms with Gasteiger partial charge in [0, 0.05) is 19.1 Å². The van der Waals surface area contributed by atoms with Crippen molar-refractivity contribution in [3.63, 3.8) is 0 Å². The van der Waals surface area contributed by atoms with Gasteiger partial charge in [-0.2, -0.15) is 0 Å². The van der Waals surface area contributed by atoms with Crippen LogP contribution in [0.1, 0.15) is 13.3 Å². The molecule has 1 aliphatic heterocycles. The van der Waals surface area contributed by atoms with Crippen LogP contribution in [0.4, 0.5) is 0 Å². The van der Waals surface area contributed by atoms with E-state index >= 15 is 0 Å². The van der Waals surface area contributed by atoms with E-state index in [0.717, 1.165) is 26.1 Å². The largest absolute Gasteiger partial charge is 0.368 e. The van der Waals surface area contributed by atoms with Gasteiger partial charge in [-0.3, -0.25) is 0 Å². The lowest BCUT2D eigenvalue weighted by molar-refractivity contribution is 0.283. The summed E-state index contributed by atoms with van der Waals surface area (Å²) in [4.78, 5) is 4.36. The van der Waals surface area contributed by atoms with Crippen LogP contribution in [0.5, 0.6) is 0 Å². The SMILES string of the molecule is CC1CN(C)CCCN1C(N)=NN. The van der Waals surface area contributed by atoms with Crippen molar-refractivity contribution < 1.29 is 0 Å². The highest BCUT2D eigenvalue weighted by Gasteiger charge is 2.20. The van der Waals surface area contributed by atoms with Gasteiger partial charge in [0.15, 0.2) is 0 Å². The van der Waals surface area contributed by atoms with Gasteiger partial charge in [-0.15, -0.1) is 5.10 Å². The molecule has 76 valence electrons. The Morgan fingerprint density at radius 3 is 2.77 bits per heavy atom. The third kappa shape index (κ3) is 2.48. The van der Waals surface area contributed by atoms with Crippen molar-refractivity contribution in [2.45, 2.75) is 19.4 Å². The standard InChI is InChI=1S/C8H19N5/c1-7-6-12(2)4-3-5-13(7)8(9)11-10/h7H,3-6,10H2,1-2H3,(H2,9,11). The van der Waals surface area contributed by atoms with Gasteiger partial charge in [-0.1, -0.05) is 0 Å². The Morgan fingerprint density at radius 1 is 1.46 bits per heavy atom. The number of likely N-dealkylation sites (N-methyl/N-ethyl adjacent to an activating group) is 1. The summed E-state index contributed by atoms with van der Waals surface area (Å²) in [6, 6.07) is 0.389. The van der Waals surface area contributed by atoms with Gasteiger partial charge in [-0.25, -0.2) is 0 Å². The van der Waals surface area contributed by atoms with Crippen LogP contribution in [0.25, 0.3) is 0 Å². The molecule has 0 saturated carbocycles. The summed E-state index contributed by atoms with van der Waals surface area (Å²) < 4.78 is 0. The van der Waals surface area contributed by atoms with E-state index < -0.39 is 0 Å². The van der Waals surface area contributed by atoms with Crippen molar-refractivity contribution in [2.75, 3.05) is 26.7 Å². The molecule has 0 aromatic carbocycles. The lowest BCUT2D eigenvalue weighted by Crippen LogP contribution is -2.46. The van der Waals surface area contributed by atoms with Gasteiger partial charge in [0.25, 0.3) is 0 Å². The van der Waals surface area contributed by atoms with E-state index in [2.05, 4.69) is 28.9 Å². The van der Waals surface area contributed by atoms with Crippen LogP contribution < -0.4 is 11.6 Å². The maximum absolute atomic E-state index is 5.69. The molecule has 4 N–H and O–H groups in total. The van der Waals surface area contributed by atoms with Crippen molar-refractivity contribution >= 4 is 5.96 Å². The highest BCUT2D eigenvalue weighted by molar-refractivity contribution is 5.78. The fourth-order valence-corrected chi connectivity index (χ4v) is 1.79. The molecule has 0 spiro atoms. The second kappa shape index (κ2) is 4.32. The first-order valence-electron chi connectivity index (χ1n) is 4.63. The molecule has 0 amide bonds. The number of hydrogen-bond acceptors (Lipinski definition) is 3. The average Bonchev–Trinajstić information content (AvgIpc) is 2.25. The molecule has 1 atom stereocenters. The second-order valence-corrected chi connectivity index (χ2v) is 3.65. The molecule has 5 heteroatoms. The summed E-state index contributed by atoms with van der Waals surface area (Å²) in [5.74, 6) is 5.61. The molecule has 1 saturated heterocycles. The Bertz CT molecular complexity index is 191. The molecule has 0 bridgehead atoms. The molecule has 5 nitrogen and oxygen atoms in total. The van der Waals surface area contributed by atoms with E-state index in [-0.39, 0.29) is 0 Å². The molecule has 1 fully saturated rings. The Balaban J connectivity index is 2.63. The number of guanidine groups is 1. The topological polar surface area (TPSA) is 70.9 Å². The lowest BCUT2D eigenvalue weighted by Gasteiger charge is -2.28. The zero-order valence-electron chi connectivity index (χ0n) is 8.40. The van der Waals surface area contributed by atoms with E-state index in [4.69, 9.17) is 11.6 Å². The summed E-state index contributed by atoms with van der Waals surface area (Å²) in [5, 5.41) is 3.53. The number of hydrogen-bond donors (Lipinski definition) is 2. The van der Waals surface area contributed by atoms with Crippen molar-refractivity contribution in [1.82, 2.24) is 9.80 Å². The summed E-state index contributed by atoms with van der Waals surface area (Å²) >= 11 is 0. The number of nitrogens with zero attached hydrogens (tertiary/aromatic N) is 3. The highest BCUT2D eigenvalue weighted by atomic mass is 15.3. The van der Waals surface area contributed by atoms with Gasteiger partial charge in [0.1, 0.15) is 0 Å². The number of rotatable bonds is 0. The summed E-state index contributed by atoms with van der Waals surface area (Å²) in [7, 11) is 2.12. The van der Waals surface area contributed by atoms with Crippen molar-refractivity contribution in [1.29, 1.82) is 0 Å². The van der Waals surface area contributed by atoms with Crippen LogP contribution in [0.2, 0.25) is 0 Å². The Labute approximate surface area is 79.4 Å². The van der Waals surface area contributed by atoms with E-state index in [1.807, 2.05) is 0 Å². The van der Waals surface area contributed by atoms with Gasteiger partial charge < -0.3 is 21.4 Å². The average molecular weight is 185 g/mol. The maximum atomic E-state index is 5.69. The molecule has 0 aromatic rings. The Hall–Kier alpha value is -0.970. The molecule has 1 unspecified atom stereocenters. The summed E-state index contributed by atoms with van der Waals surface area (Å²) in [5.41, 5.74) is 5.69.